The minimum absolute atomic E-state index is 0.0142. The van der Waals surface area contributed by atoms with Crippen molar-refractivity contribution in [2.75, 3.05) is 18.9 Å². The number of carbonyl (C=O) groups excluding carboxylic acids is 1. The van der Waals surface area contributed by atoms with Gasteiger partial charge in [-0.1, -0.05) is 18.2 Å². The number of likely N-dealkylation sites (N-methyl/N-ethyl adjacent to an activating group) is 1. The van der Waals surface area contributed by atoms with Gasteiger partial charge in [0.2, 0.25) is 5.95 Å². The Morgan fingerprint density at radius 2 is 2.00 bits per heavy atom. The summed E-state index contributed by atoms with van der Waals surface area (Å²) in [6, 6.07) is 11.2. The summed E-state index contributed by atoms with van der Waals surface area (Å²) in [5.74, 6) is 0.236. The number of carbonyl (C=O) groups is 1. The Hall–Kier alpha value is -3.63. The molecular weight excluding hydrogens is 450 g/mol. The van der Waals surface area contributed by atoms with Crippen LogP contribution in [0.4, 0.5) is 5.95 Å². The molecule has 10 heteroatoms. The minimum Gasteiger partial charge on any atom is -0.375 e. The van der Waals surface area contributed by atoms with Gasteiger partial charge in [-0.15, -0.1) is 11.3 Å². The van der Waals surface area contributed by atoms with Gasteiger partial charge >= 0.3 is 0 Å². The monoisotopic (exact) mass is 475 g/mol. The number of aryl methyl sites for hydroxylation is 1. The van der Waals surface area contributed by atoms with E-state index < -0.39 is 5.60 Å². The van der Waals surface area contributed by atoms with E-state index in [0.29, 0.717) is 30.2 Å². The summed E-state index contributed by atoms with van der Waals surface area (Å²) >= 11 is 1.49. The van der Waals surface area contributed by atoms with E-state index in [2.05, 4.69) is 20.4 Å². The van der Waals surface area contributed by atoms with Crippen molar-refractivity contribution in [3.63, 3.8) is 0 Å². The smallest absolute Gasteiger partial charge is 0.258 e. The molecule has 1 fully saturated rings. The fourth-order valence-electron chi connectivity index (χ4n) is 4.20. The molecule has 1 amide bonds. The quantitative estimate of drug-likeness (QED) is 0.441. The summed E-state index contributed by atoms with van der Waals surface area (Å²) in [5.41, 5.74) is 2.43. The van der Waals surface area contributed by atoms with E-state index in [4.69, 9.17) is 4.98 Å². The number of hydrogen-bond acceptors (Lipinski definition) is 8. The number of amides is 1. The Morgan fingerprint density at radius 3 is 2.74 bits per heavy atom. The van der Waals surface area contributed by atoms with Gasteiger partial charge in [0.1, 0.15) is 10.7 Å². The first-order valence-electron chi connectivity index (χ1n) is 11.0. The van der Waals surface area contributed by atoms with E-state index in [0.717, 1.165) is 22.0 Å². The lowest BCUT2D eigenvalue weighted by molar-refractivity contribution is -0.143. The lowest BCUT2D eigenvalue weighted by Crippen LogP contribution is -2.36. The molecule has 1 aliphatic rings. The van der Waals surface area contributed by atoms with Gasteiger partial charge in [0, 0.05) is 50.4 Å². The highest BCUT2D eigenvalue weighted by molar-refractivity contribution is 7.13. The number of nitrogens with zero attached hydrogens (tertiary/aromatic N) is 6. The first-order chi connectivity index (χ1) is 16.3. The number of rotatable bonds is 6. The van der Waals surface area contributed by atoms with Gasteiger partial charge in [-0.25, -0.2) is 15.0 Å². The van der Waals surface area contributed by atoms with Crippen LogP contribution in [0.25, 0.3) is 22.0 Å². The van der Waals surface area contributed by atoms with Crippen LogP contribution in [0.15, 0.2) is 54.2 Å². The van der Waals surface area contributed by atoms with Gasteiger partial charge in [0.25, 0.3) is 5.91 Å². The number of nitrogens with one attached hydrogen (secondary N) is 1. The first kappa shape index (κ1) is 22.2. The van der Waals surface area contributed by atoms with Gasteiger partial charge in [-0.3, -0.25) is 9.48 Å². The Bertz CT molecular complexity index is 1350. The van der Waals surface area contributed by atoms with Crippen LogP contribution >= 0.6 is 11.3 Å². The van der Waals surface area contributed by atoms with Crippen LogP contribution < -0.4 is 5.32 Å². The molecule has 2 unspecified atom stereocenters. The van der Waals surface area contributed by atoms with Gasteiger partial charge in [-0.05, 0) is 30.7 Å². The Balaban J connectivity index is 1.38. The molecular formula is C24H25N7O2S. The molecule has 0 bridgehead atoms. The van der Waals surface area contributed by atoms with E-state index >= 15 is 0 Å². The number of thiazole rings is 1. The molecule has 174 valence electrons. The highest BCUT2D eigenvalue weighted by Crippen LogP contribution is 2.36. The van der Waals surface area contributed by atoms with E-state index in [9.17, 15) is 9.90 Å². The van der Waals surface area contributed by atoms with Crippen molar-refractivity contribution in [1.82, 2.24) is 29.6 Å². The van der Waals surface area contributed by atoms with E-state index in [1.54, 1.807) is 30.4 Å². The molecule has 4 aromatic rings. The van der Waals surface area contributed by atoms with Gasteiger partial charge in [0.15, 0.2) is 5.60 Å². The second kappa shape index (κ2) is 8.62. The molecule has 1 aromatic carbocycles. The number of aromatic nitrogens is 5. The van der Waals surface area contributed by atoms with Gasteiger partial charge in [-0.2, -0.15) is 5.10 Å². The molecule has 1 aliphatic heterocycles. The van der Waals surface area contributed by atoms with Crippen molar-refractivity contribution in [1.29, 1.82) is 0 Å². The maximum atomic E-state index is 12.5. The maximum Gasteiger partial charge on any atom is 0.258 e. The SMILES string of the molecule is CC(Nc1nccc(-c2csc(-c3cccc(C4(O)CCN(C)C4=O)c3)n2)n1)c1ccnn1C. The summed E-state index contributed by atoms with van der Waals surface area (Å²) in [6.45, 7) is 2.56. The number of likely N-dealkylation sites (tertiary alicyclic amines) is 1. The van der Waals surface area contributed by atoms with Crippen LogP contribution in [-0.4, -0.2) is 54.2 Å². The second-order valence-corrected chi connectivity index (χ2v) is 9.32. The molecule has 0 spiro atoms. The summed E-state index contributed by atoms with van der Waals surface area (Å²) in [6.07, 6.45) is 3.84. The normalized spacial score (nSPS) is 18.9. The zero-order valence-electron chi connectivity index (χ0n) is 19.1. The summed E-state index contributed by atoms with van der Waals surface area (Å²) in [5, 5.41) is 21.3. The zero-order chi connectivity index (χ0) is 23.9. The van der Waals surface area contributed by atoms with Crippen LogP contribution in [0.5, 0.6) is 0 Å². The van der Waals surface area contributed by atoms with E-state index in [1.165, 1.54) is 11.3 Å². The standard InChI is InChI=1S/C24H25N7O2S/c1-15(20-8-11-26-31(20)3)27-23-25-10-7-18(29-23)19-14-34-21(28-19)16-5-4-6-17(13-16)24(33)9-12-30(2)22(24)32/h4-8,10-11,13-15,33H,9,12H2,1-3H3,(H,25,27,29). The first-order valence-corrected chi connectivity index (χ1v) is 11.9. The fourth-order valence-corrected chi connectivity index (χ4v) is 5.01. The fraction of sp³-hybridized carbons (Fsp3) is 0.292. The van der Waals surface area contributed by atoms with E-state index in [-0.39, 0.29) is 11.9 Å². The summed E-state index contributed by atoms with van der Waals surface area (Å²) in [4.78, 5) is 27.8. The van der Waals surface area contributed by atoms with Crippen molar-refractivity contribution < 1.29 is 9.90 Å². The number of hydrogen-bond donors (Lipinski definition) is 2. The third kappa shape index (κ3) is 3.95. The highest BCUT2D eigenvalue weighted by Gasteiger charge is 2.45. The third-order valence-corrected chi connectivity index (χ3v) is 7.06. The molecule has 34 heavy (non-hydrogen) atoms. The number of aliphatic hydroxyl groups is 1. The summed E-state index contributed by atoms with van der Waals surface area (Å²) in [7, 11) is 3.61. The van der Waals surface area contributed by atoms with Crippen molar-refractivity contribution in [3.8, 4) is 22.0 Å². The van der Waals surface area contributed by atoms with Crippen LogP contribution in [0.3, 0.4) is 0 Å². The molecule has 0 aliphatic carbocycles. The van der Waals surface area contributed by atoms with E-state index in [1.807, 2.05) is 54.4 Å². The zero-order valence-corrected chi connectivity index (χ0v) is 20.0. The highest BCUT2D eigenvalue weighted by atomic mass is 32.1. The largest absolute Gasteiger partial charge is 0.375 e. The molecule has 1 saturated heterocycles. The predicted octanol–water partition coefficient (Wildman–Crippen LogP) is 3.22. The predicted molar refractivity (Wildman–Crippen MR) is 130 cm³/mol. The maximum absolute atomic E-state index is 12.5. The second-order valence-electron chi connectivity index (χ2n) is 8.47. The van der Waals surface area contributed by atoms with Crippen LogP contribution in [0.2, 0.25) is 0 Å². The van der Waals surface area contributed by atoms with Crippen LogP contribution in [-0.2, 0) is 17.4 Å². The lowest BCUT2D eigenvalue weighted by atomic mass is 9.91. The molecule has 9 nitrogen and oxygen atoms in total. The van der Waals surface area contributed by atoms with Gasteiger partial charge < -0.3 is 15.3 Å². The van der Waals surface area contributed by atoms with Crippen molar-refractivity contribution in [3.05, 3.63) is 65.4 Å². The number of anilines is 1. The average Bonchev–Trinajstić information content (AvgIpc) is 3.57. The lowest BCUT2D eigenvalue weighted by Gasteiger charge is -2.21. The molecule has 2 N–H and O–H groups in total. The molecule has 3 aromatic heterocycles. The molecule has 2 atom stereocenters. The van der Waals surface area contributed by atoms with Crippen molar-refractivity contribution in [2.24, 2.45) is 7.05 Å². The van der Waals surface area contributed by atoms with Crippen molar-refractivity contribution >= 4 is 23.2 Å². The Morgan fingerprint density at radius 1 is 1.15 bits per heavy atom. The Labute approximate surface area is 201 Å². The molecule has 5 rings (SSSR count). The number of benzene rings is 1. The van der Waals surface area contributed by atoms with Crippen molar-refractivity contribution in [2.45, 2.75) is 25.0 Å². The van der Waals surface area contributed by atoms with Gasteiger partial charge in [0.05, 0.1) is 17.4 Å². The topological polar surface area (TPSA) is 109 Å². The molecule has 0 saturated carbocycles. The minimum atomic E-state index is -1.48. The summed E-state index contributed by atoms with van der Waals surface area (Å²) < 4.78 is 1.82. The molecule has 4 heterocycles. The molecule has 0 radical (unpaired) electrons. The van der Waals surface area contributed by atoms with Crippen LogP contribution in [0.1, 0.15) is 30.6 Å². The Kier molecular flexibility index (Phi) is 5.62. The average molecular weight is 476 g/mol. The van der Waals surface area contributed by atoms with Crippen LogP contribution in [0, 0.1) is 0 Å². The third-order valence-electron chi connectivity index (χ3n) is 6.17.